The number of aliphatic imine (C=N–C) groups is 1. The maximum Gasteiger partial charge on any atom is 0.191 e. The van der Waals surface area contributed by atoms with Gasteiger partial charge in [0, 0.05) is 51.2 Å². The summed E-state index contributed by atoms with van der Waals surface area (Å²) < 4.78 is 7.56. The highest BCUT2D eigenvalue weighted by Crippen LogP contribution is 2.10. The van der Waals surface area contributed by atoms with Crippen LogP contribution < -0.4 is 10.6 Å². The Morgan fingerprint density at radius 3 is 2.96 bits per heavy atom. The molecule has 1 aromatic heterocycles. The van der Waals surface area contributed by atoms with E-state index < -0.39 is 0 Å². The molecule has 6 nitrogen and oxygen atoms in total. The van der Waals surface area contributed by atoms with E-state index in [1.807, 2.05) is 17.8 Å². The monoisotopic (exact) mass is 321 g/mol. The Bertz CT molecular complexity index is 499. The zero-order chi connectivity index (χ0) is 16.7. The smallest absolute Gasteiger partial charge is 0.191 e. The number of hydrogen-bond acceptors (Lipinski definition) is 3. The van der Waals surface area contributed by atoms with Gasteiger partial charge in [-0.1, -0.05) is 0 Å². The molecule has 2 heterocycles. The van der Waals surface area contributed by atoms with Gasteiger partial charge in [-0.2, -0.15) is 0 Å². The van der Waals surface area contributed by atoms with E-state index >= 15 is 0 Å². The number of rotatable bonds is 6. The second kappa shape index (κ2) is 8.93. The van der Waals surface area contributed by atoms with Crippen LogP contribution in [0.2, 0.25) is 0 Å². The average molecular weight is 321 g/mol. The molecule has 1 aliphatic rings. The molecule has 130 valence electrons. The molecule has 0 aromatic carbocycles. The summed E-state index contributed by atoms with van der Waals surface area (Å²) in [6.45, 7) is 11.7. The number of nitrogens with one attached hydrogen (secondary N) is 2. The van der Waals surface area contributed by atoms with Crippen LogP contribution in [0.25, 0.3) is 0 Å². The summed E-state index contributed by atoms with van der Waals surface area (Å²) in [4.78, 5) is 7.17. The molecule has 2 atom stereocenters. The van der Waals surface area contributed by atoms with Gasteiger partial charge in [-0.15, -0.1) is 0 Å². The maximum atomic E-state index is 5.52. The first kappa shape index (κ1) is 17.8. The van der Waals surface area contributed by atoms with E-state index in [0.29, 0.717) is 18.6 Å². The van der Waals surface area contributed by atoms with E-state index in [9.17, 15) is 0 Å². The Kier molecular flexibility index (Phi) is 6.92. The Morgan fingerprint density at radius 2 is 2.30 bits per heavy atom. The Balaban J connectivity index is 1.85. The van der Waals surface area contributed by atoms with Gasteiger partial charge in [0.1, 0.15) is 0 Å². The number of ether oxygens (including phenoxy) is 1. The van der Waals surface area contributed by atoms with E-state index in [0.717, 1.165) is 38.8 Å². The van der Waals surface area contributed by atoms with Crippen molar-refractivity contribution in [2.45, 2.75) is 39.4 Å². The van der Waals surface area contributed by atoms with Crippen LogP contribution in [0.3, 0.4) is 0 Å². The predicted octanol–water partition coefficient (Wildman–Crippen LogP) is 1.19. The molecule has 23 heavy (non-hydrogen) atoms. The number of hydrogen-bond donors (Lipinski definition) is 2. The van der Waals surface area contributed by atoms with Gasteiger partial charge >= 0.3 is 0 Å². The van der Waals surface area contributed by atoms with Gasteiger partial charge < -0.3 is 19.9 Å². The lowest BCUT2D eigenvalue weighted by molar-refractivity contribution is -0.0174. The number of aromatic nitrogens is 1. The van der Waals surface area contributed by atoms with Crippen molar-refractivity contribution in [2.24, 2.45) is 12.0 Å². The Labute approximate surface area is 139 Å². The van der Waals surface area contributed by atoms with Gasteiger partial charge in [0.05, 0.1) is 19.8 Å². The molecular formula is C17H31N5O. The number of guanidine groups is 1. The molecule has 2 N–H and O–H groups in total. The third-order valence-electron chi connectivity index (χ3n) is 4.21. The molecule has 0 amide bonds. The van der Waals surface area contributed by atoms with Crippen molar-refractivity contribution in [3.8, 4) is 0 Å². The molecule has 0 spiro atoms. The van der Waals surface area contributed by atoms with Crippen molar-refractivity contribution in [3.63, 3.8) is 0 Å². The fourth-order valence-electron chi connectivity index (χ4n) is 2.92. The highest BCUT2D eigenvalue weighted by Gasteiger charge is 2.23. The lowest BCUT2D eigenvalue weighted by Gasteiger charge is -2.38. The Hall–Kier alpha value is -1.53. The molecule has 2 unspecified atom stereocenters. The van der Waals surface area contributed by atoms with Crippen LogP contribution in [-0.4, -0.2) is 60.4 Å². The van der Waals surface area contributed by atoms with Gasteiger partial charge in [-0.25, -0.2) is 4.99 Å². The molecular weight excluding hydrogens is 290 g/mol. The predicted molar refractivity (Wildman–Crippen MR) is 94.7 cm³/mol. The third-order valence-corrected chi connectivity index (χ3v) is 4.21. The lowest BCUT2D eigenvalue weighted by Crippen LogP contribution is -2.53. The largest absolute Gasteiger partial charge is 0.379 e. The summed E-state index contributed by atoms with van der Waals surface area (Å²) in [7, 11) is 2.03. The van der Waals surface area contributed by atoms with Crippen LogP contribution in [0.4, 0.5) is 0 Å². The van der Waals surface area contributed by atoms with Gasteiger partial charge in [0.15, 0.2) is 5.96 Å². The molecule has 0 aliphatic carbocycles. The highest BCUT2D eigenvalue weighted by molar-refractivity contribution is 5.79. The minimum atomic E-state index is 0.453. The first-order valence-electron chi connectivity index (χ1n) is 8.56. The minimum absolute atomic E-state index is 0.453. The lowest BCUT2D eigenvalue weighted by atomic mass is 10.2. The van der Waals surface area contributed by atoms with Crippen molar-refractivity contribution >= 4 is 5.96 Å². The second-order valence-electron chi connectivity index (χ2n) is 6.27. The fourth-order valence-corrected chi connectivity index (χ4v) is 2.92. The molecule has 1 saturated heterocycles. The number of morpholine rings is 1. The fraction of sp³-hybridized carbons (Fsp3) is 0.706. The van der Waals surface area contributed by atoms with Crippen LogP contribution in [0, 0.1) is 0 Å². The molecule has 0 radical (unpaired) electrons. The van der Waals surface area contributed by atoms with E-state index in [1.165, 1.54) is 5.56 Å². The summed E-state index contributed by atoms with van der Waals surface area (Å²) in [5.41, 5.74) is 1.22. The second-order valence-corrected chi connectivity index (χ2v) is 6.27. The molecule has 1 aliphatic heterocycles. The summed E-state index contributed by atoms with van der Waals surface area (Å²) in [6, 6.07) is 3.03. The standard InChI is InChI=1S/C17H31N5O/c1-5-18-17(20-11-16-6-7-21(4)12-16)19-10-14(2)22-8-9-23-13-15(22)3/h6-7,12,14-15H,5,8-11,13H2,1-4H3,(H2,18,19,20). The Morgan fingerprint density at radius 1 is 1.48 bits per heavy atom. The van der Waals surface area contributed by atoms with Crippen LogP contribution in [0.15, 0.2) is 23.5 Å². The molecule has 0 bridgehead atoms. The normalized spacial score (nSPS) is 21.2. The van der Waals surface area contributed by atoms with Gasteiger partial charge in [-0.3, -0.25) is 4.90 Å². The summed E-state index contributed by atoms with van der Waals surface area (Å²) in [5, 5.41) is 6.78. The van der Waals surface area contributed by atoms with Gasteiger partial charge in [0.25, 0.3) is 0 Å². The highest BCUT2D eigenvalue weighted by atomic mass is 16.5. The molecule has 2 rings (SSSR count). The quantitative estimate of drug-likeness (QED) is 0.610. The van der Waals surface area contributed by atoms with Crippen LogP contribution >= 0.6 is 0 Å². The van der Waals surface area contributed by atoms with E-state index in [4.69, 9.17) is 4.74 Å². The molecule has 6 heteroatoms. The first-order chi connectivity index (χ1) is 11.1. The molecule has 1 aromatic rings. The van der Waals surface area contributed by atoms with E-state index in [2.05, 4.69) is 53.6 Å². The van der Waals surface area contributed by atoms with E-state index in [-0.39, 0.29) is 0 Å². The molecule has 0 saturated carbocycles. The molecule has 1 fully saturated rings. The summed E-state index contributed by atoms with van der Waals surface area (Å²) >= 11 is 0. The SMILES string of the molecule is CCNC(=NCc1ccn(C)c1)NCC(C)N1CCOCC1C. The zero-order valence-electron chi connectivity index (χ0n) is 14.9. The minimum Gasteiger partial charge on any atom is -0.379 e. The van der Waals surface area contributed by atoms with Crippen molar-refractivity contribution in [2.75, 3.05) is 32.8 Å². The average Bonchev–Trinajstić information content (AvgIpc) is 2.95. The van der Waals surface area contributed by atoms with E-state index in [1.54, 1.807) is 0 Å². The topological polar surface area (TPSA) is 53.8 Å². The van der Waals surface area contributed by atoms with Crippen molar-refractivity contribution in [1.82, 2.24) is 20.1 Å². The zero-order valence-corrected chi connectivity index (χ0v) is 14.9. The first-order valence-corrected chi connectivity index (χ1v) is 8.56. The van der Waals surface area contributed by atoms with Crippen LogP contribution in [0.1, 0.15) is 26.3 Å². The van der Waals surface area contributed by atoms with Crippen LogP contribution in [0.5, 0.6) is 0 Å². The summed E-state index contributed by atoms with van der Waals surface area (Å²) in [6.07, 6.45) is 4.15. The van der Waals surface area contributed by atoms with Crippen LogP contribution in [-0.2, 0) is 18.3 Å². The number of nitrogens with zero attached hydrogens (tertiary/aromatic N) is 3. The summed E-state index contributed by atoms with van der Waals surface area (Å²) in [5.74, 6) is 0.879. The van der Waals surface area contributed by atoms with Crippen molar-refractivity contribution in [1.29, 1.82) is 0 Å². The number of aryl methyl sites for hydroxylation is 1. The van der Waals surface area contributed by atoms with Crippen molar-refractivity contribution in [3.05, 3.63) is 24.0 Å². The van der Waals surface area contributed by atoms with Gasteiger partial charge in [0.2, 0.25) is 0 Å². The third kappa shape index (κ3) is 5.55. The maximum absolute atomic E-state index is 5.52. The van der Waals surface area contributed by atoms with Gasteiger partial charge in [-0.05, 0) is 32.4 Å². The van der Waals surface area contributed by atoms with Crippen molar-refractivity contribution < 1.29 is 4.74 Å².